The van der Waals surface area contributed by atoms with Crippen LogP contribution in [0.3, 0.4) is 0 Å². The summed E-state index contributed by atoms with van der Waals surface area (Å²) in [6.45, 7) is 1.11. The molecule has 0 radical (unpaired) electrons. The van der Waals surface area contributed by atoms with Gasteiger partial charge in [-0.15, -0.1) is 0 Å². The molecule has 0 unspecified atom stereocenters. The van der Waals surface area contributed by atoms with Crippen LogP contribution in [0.25, 0.3) is 0 Å². The van der Waals surface area contributed by atoms with Gasteiger partial charge in [-0.25, -0.2) is 17.9 Å². The summed E-state index contributed by atoms with van der Waals surface area (Å²) in [6.07, 6.45) is 0. The van der Waals surface area contributed by atoms with E-state index in [1.807, 2.05) is 0 Å². The number of rotatable bonds is 2. The topological polar surface area (TPSA) is 103 Å². The van der Waals surface area contributed by atoms with Crippen molar-refractivity contribution in [3.8, 4) is 0 Å². The van der Waals surface area contributed by atoms with Gasteiger partial charge < -0.3 is 0 Å². The number of sulfonamides is 1. The molecule has 0 fully saturated rings. The second-order valence-electron chi connectivity index (χ2n) is 2.82. The predicted octanol–water partition coefficient (Wildman–Crippen LogP) is 0.690. The van der Waals surface area contributed by atoms with Crippen molar-refractivity contribution in [1.29, 1.82) is 0 Å². The molecular formula is C7H7FN2O4S. The van der Waals surface area contributed by atoms with E-state index in [1.165, 1.54) is 0 Å². The molecule has 0 saturated carbocycles. The molecule has 0 aromatic heterocycles. The lowest BCUT2D eigenvalue weighted by Gasteiger charge is -2.03. The summed E-state index contributed by atoms with van der Waals surface area (Å²) in [5.41, 5.74) is -0.841. The maximum absolute atomic E-state index is 13.4. The van der Waals surface area contributed by atoms with Crippen LogP contribution >= 0.6 is 0 Å². The van der Waals surface area contributed by atoms with E-state index in [1.54, 1.807) is 0 Å². The highest BCUT2D eigenvalue weighted by Crippen LogP contribution is 2.25. The molecule has 1 aromatic rings. The predicted molar refractivity (Wildman–Crippen MR) is 49.2 cm³/mol. The molecule has 1 rings (SSSR count). The van der Waals surface area contributed by atoms with Crippen molar-refractivity contribution >= 4 is 15.7 Å². The Kier molecular flexibility index (Phi) is 2.73. The Bertz CT molecular complexity index is 526. The maximum atomic E-state index is 13.4. The van der Waals surface area contributed by atoms with E-state index >= 15 is 0 Å². The van der Waals surface area contributed by atoms with Gasteiger partial charge in [-0.3, -0.25) is 10.1 Å². The van der Waals surface area contributed by atoms with Crippen LogP contribution in [0.2, 0.25) is 0 Å². The van der Waals surface area contributed by atoms with Gasteiger partial charge in [0.25, 0.3) is 5.69 Å². The van der Waals surface area contributed by atoms with Gasteiger partial charge in [0.05, 0.1) is 10.5 Å². The van der Waals surface area contributed by atoms with Crippen LogP contribution in [0, 0.1) is 22.9 Å². The fraction of sp³-hybridized carbons (Fsp3) is 0.143. The first-order chi connectivity index (χ1) is 6.75. The summed E-state index contributed by atoms with van der Waals surface area (Å²) in [7, 11) is -4.20. The average molecular weight is 234 g/mol. The van der Waals surface area contributed by atoms with Gasteiger partial charge in [-0.1, -0.05) is 0 Å². The molecular weight excluding hydrogens is 227 g/mol. The molecule has 0 spiro atoms. The minimum atomic E-state index is -4.20. The van der Waals surface area contributed by atoms with Crippen LogP contribution < -0.4 is 5.14 Å². The Morgan fingerprint density at radius 3 is 2.40 bits per heavy atom. The van der Waals surface area contributed by atoms with Crippen LogP contribution in [-0.4, -0.2) is 13.3 Å². The summed E-state index contributed by atoms with van der Waals surface area (Å²) in [5.74, 6) is -1.19. The first-order valence-corrected chi connectivity index (χ1v) is 5.26. The van der Waals surface area contributed by atoms with Crippen molar-refractivity contribution in [1.82, 2.24) is 0 Å². The number of hydrogen-bond donors (Lipinski definition) is 1. The second kappa shape index (κ2) is 3.55. The SMILES string of the molecule is Cc1c([N+](=O)[O-])ccc(S(N)(=O)=O)c1F. The third kappa shape index (κ3) is 2.10. The molecule has 0 aliphatic rings. The Balaban J connectivity index is 3.55. The third-order valence-electron chi connectivity index (χ3n) is 1.83. The van der Waals surface area contributed by atoms with Crippen LogP contribution in [0.4, 0.5) is 10.1 Å². The molecule has 6 nitrogen and oxygen atoms in total. The monoisotopic (exact) mass is 234 g/mol. The van der Waals surface area contributed by atoms with E-state index in [0.29, 0.717) is 0 Å². The Labute approximate surface area is 84.7 Å². The van der Waals surface area contributed by atoms with Gasteiger partial charge in [-0.2, -0.15) is 0 Å². The highest BCUT2D eigenvalue weighted by Gasteiger charge is 2.22. The van der Waals surface area contributed by atoms with Gasteiger partial charge in [0.1, 0.15) is 4.90 Å². The number of benzene rings is 1. The normalized spacial score (nSPS) is 11.4. The zero-order valence-electron chi connectivity index (χ0n) is 7.60. The Morgan fingerprint density at radius 1 is 1.47 bits per heavy atom. The maximum Gasteiger partial charge on any atom is 0.275 e. The fourth-order valence-corrected chi connectivity index (χ4v) is 1.73. The smallest absolute Gasteiger partial charge is 0.258 e. The summed E-state index contributed by atoms with van der Waals surface area (Å²) >= 11 is 0. The fourth-order valence-electron chi connectivity index (χ4n) is 1.07. The van der Waals surface area contributed by atoms with Gasteiger partial charge in [0, 0.05) is 6.07 Å². The van der Waals surface area contributed by atoms with Crippen molar-refractivity contribution in [2.75, 3.05) is 0 Å². The summed E-state index contributed by atoms with van der Waals surface area (Å²) < 4.78 is 35.1. The molecule has 1 aromatic carbocycles. The standard InChI is InChI=1S/C7H7FN2O4S/c1-4-5(10(11)12)2-3-6(7(4)8)15(9,13)14/h2-3H,1H3,(H2,9,13,14). The molecule has 0 aliphatic heterocycles. The lowest BCUT2D eigenvalue weighted by molar-refractivity contribution is -0.385. The molecule has 8 heteroatoms. The zero-order valence-corrected chi connectivity index (χ0v) is 8.41. The molecule has 0 amide bonds. The first-order valence-electron chi connectivity index (χ1n) is 3.71. The van der Waals surface area contributed by atoms with E-state index in [-0.39, 0.29) is 5.56 Å². The number of halogens is 1. The van der Waals surface area contributed by atoms with E-state index in [0.717, 1.165) is 19.1 Å². The molecule has 82 valence electrons. The molecule has 0 atom stereocenters. The van der Waals surface area contributed by atoms with Crippen molar-refractivity contribution in [3.63, 3.8) is 0 Å². The lowest BCUT2D eigenvalue weighted by Crippen LogP contribution is -2.15. The van der Waals surface area contributed by atoms with Crippen molar-refractivity contribution < 1.29 is 17.7 Å². The van der Waals surface area contributed by atoms with E-state index in [9.17, 15) is 22.9 Å². The minimum absolute atomic E-state index is 0.355. The number of nitro benzene ring substituents is 1. The average Bonchev–Trinajstić information content (AvgIpc) is 2.06. The summed E-state index contributed by atoms with van der Waals surface area (Å²) in [4.78, 5) is 8.85. The highest BCUT2D eigenvalue weighted by molar-refractivity contribution is 7.89. The summed E-state index contributed by atoms with van der Waals surface area (Å²) in [5, 5.41) is 15.1. The molecule has 2 N–H and O–H groups in total. The molecule has 0 heterocycles. The number of hydrogen-bond acceptors (Lipinski definition) is 4. The third-order valence-corrected chi connectivity index (χ3v) is 2.75. The van der Waals surface area contributed by atoms with Crippen LogP contribution in [-0.2, 0) is 10.0 Å². The first kappa shape index (κ1) is 11.5. The van der Waals surface area contributed by atoms with E-state index in [2.05, 4.69) is 0 Å². The van der Waals surface area contributed by atoms with Gasteiger partial charge >= 0.3 is 0 Å². The van der Waals surface area contributed by atoms with Crippen molar-refractivity contribution in [3.05, 3.63) is 33.6 Å². The van der Waals surface area contributed by atoms with Crippen LogP contribution in [0.5, 0.6) is 0 Å². The van der Waals surface area contributed by atoms with Gasteiger partial charge in [0.15, 0.2) is 5.82 Å². The Morgan fingerprint density at radius 2 is 2.00 bits per heavy atom. The lowest BCUT2D eigenvalue weighted by atomic mass is 10.2. The van der Waals surface area contributed by atoms with Crippen molar-refractivity contribution in [2.24, 2.45) is 5.14 Å². The number of nitrogens with zero attached hydrogens (tertiary/aromatic N) is 1. The number of primary sulfonamides is 1. The van der Waals surface area contributed by atoms with Gasteiger partial charge in [-0.05, 0) is 13.0 Å². The summed E-state index contributed by atoms with van der Waals surface area (Å²) in [6, 6.07) is 1.67. The molecule has 0 saturated heterocycles. The highest BCUT2D eigenvalue weighted by atomic mass is 32.2. The molecule has 0 aliphatic carbocycles. The minimum Gasteiger partial charge on any atom is -0.258 e. The van der Waals surface area contributed by atoms with Crippen molar-refractivity contribution in [2.45, 2.75) is 11.8 Å². The molecule has 0 bridgehead atoms. The van der Waals surface area contributed by atoms with Gasteiger partial charge in [0.2, 0.25) is 10.0 Å². The quantitative estimate of drug-likeness (QED) is 0.600. The van der Waals surface area contributed by atoms with E-state index in [4.69, 9.17) is 5.14 Å². The largest absolute Gasteiger partial charge is 0.275 e. The van der Waals surface area contributed by atoms with Crippen LogP contribution in [0.1, 0.15) is 5.56 Å². The molecule has 15 heavy (non-hydrogen) atoms. The second-order valence-corrected chi connectivity index (χ2v) is 4.35. The Hall–Kier alpha value is -1.54. The van der Waals surface area contributed by atoms with Crippen LogP contribution in [0.15, 0.2) is 17.0 Å². The number of nitrogens with two attached hydrogens (primary N) is 1. The number of nitro groups is 1. The zero-order chi connectivity index (χ0) is 11.8. The van der Waals surface area contributed by atoms with E-state index < -0.39 is 31.3 Å².